The molecule has 0 aromatic heterocycles. The largest absolute Gasteiger partial charge is 0.415 e. The van der Waals surface area contributed by atoms with Crippen LogP contribution in [0.25, 0.3) is 0 Å². The number of rotatable bonds is 11. The molecule has 0 aromatic carbocycles. The molecule has 0 bridgehead atoms. The number of hydrogen-bond donors (Lipinski definition) is 1. The first kappa shape index (κ1) is 19.1. The Balaban J connectivity index is 4.55. The number of hydrogen-bond acceptors (Lipinski definition) is 2. The van der Waals surface area contributed by atoms with Gasteiger partial charge in [-0.2, -0.15) is 0 Å². The van der Waals surface area contributed by atoms with Gasteiger partial charge in [-0.25, -0.2) is 0 Å². The smallest absolute Gasteiger partial charge is 0.192 e. The van der Waals surface area contributed by atoms with Crippen LogP contribution in [0.3, 0.4) is 0 Å². The van der Waals surface area contributed by atoms with Gasteiger partial charge in [0.25, 0.3) is 0 Å². The lowest BCUT2D eigenvalue weighted by Crippen LogP contribution is -2.44. The second-order valence-electron chi connectivity index (χ2n) is 6.58. The van der Waals surface area contributed by atoms with Gasteiger partial charge in [-0.1, -0.05) is 46.0 Å². The van der Waals surface area contributed by atoms with Crippen LogP contribution in [-0.2, 0) is 4.43 Å². The summed E-state index contributed by atoms with van der Waals surface area (Å²) in [5.74, 6) is 0. The number of aliphatic hydroxyl groups is 1. The van der Waals surface area contributed by atoms with Crippen LogP contribution < -0.4 is 0 Å². The van der Waals surface area contributed by atoms with Crippen LogP contribution in [0, 0.1) is 0 Å². The molecular formula is C16H36O2Si. The van der Waals surface area contributed by atoms with E-state index >= 15 is 0 Å². The highest BCUT2D eigenvalue weighted by Crippen LogP contribution is 2.34. The van der Waals surface area contributed by atoms with Crippen molar-refractivity contribution in [2.24, 2.45) is 0 Å². The summed E-state index contributed by atoms with van der Waals surface area (Å²) in [6, 6.07) is 0. The Morgan fingerprint density at radius 2 is 1.58 bits per heavy atom. The van der Waals surface area contributed by atoms with Crippen LogP contribution in [0.5, 0.6) is 0 Å². The summed E-state index contributed by atoms with van der Waals surface area (Å²) in [6.07, 6.45) is 8.30. The molecule has 0 fully saturated rings. The maximum Gasteiger partial charge on any atom is 0.192 e. The molecule has 0 saturated carbocycles. The monoisotopic (exact) mass is 288 g/mol. The zero-order valence-corrected chi connectivity index (χ0v) is 15.0. The normalized spacial score (nSPS) is 15.8. The predicted octanol–water partition coefficient (Wildman–Crippen LogP) is 5.12. The van der Waals surface area contributed by atoms with Gasteiger partial charge in [-0.15, -0.1) is 0 Å². The van der Waals surface area contributed by atoms with E-state index in [9.17, 15) is 5.11 Å². The summed E-state index contributed by atoms with van der Waals surface area (Å²) >= 11 is 0. The van der Waals surface area contributed by atoms with E-state index in [0.29, 0.717) is 5.54 Å². The minimum absolute atomic E-state index is 0.174. The van der Waals surface area contributed by atoms with Crippen molar-refractivity contribution in [1.82, 2.24) is 0 Å². The van der Waals surface area contributed by atoms with E-state index in [2.05, 4.69) is 40.8 Å². The first-order chi connectivity index (χ1) is 8.85. The summed E-state index contributed by atoms with van der Waals surface area (Å²) in [5.41, 5.74) is 0.381. The van der Waals surface area contributed by atoms with E-state index < -0.39 is 8.32 Å². The Labute approximate surface area is 122 Å². The van der Waals surface area contributed by atoms with Gasteiger partial charge >= 0.3 is 0 Å². The molecule has 0 rings (SSSR count). The molecule has 3 heteroatoms. The molecule has 0 aliphatic carbocycles. The molecule has 0 spiro atoms. The van der Waals surface area contributed by atoms with Gasteiger partial charge in [-0.05, 0) is 39.8 Å². The SMILES string of the molecule is CCCCCC[C@H]([C@@H](O)CCC)[Si](C)(C)OC(C)C. The summed E-state index contributed by atoms with van der Waals surface area (Å²) in [7, 11) is -1.81. The Morgan fingerprint density at radius 3 is 2.05 bits per heavy atom. The fourth-order valence-corrected chi connectivity index (χ4v) is 6.37. The second kappa shape index (κ2) is 9.95. The van der Waals surface area contributed by atoms with Crippen LogP contribution in [0.15, 0.2) is 0 Å². The van der Waals surface area contributed by atoms with E-state index in [-0.39, 0.29) is 12.2 Å². The molecule has 0 amide bonds. The summed E-state index contributed by atoms with van der Waals surface area (Å²) in [6.45, 7) is 13.1. The lowest BCUT2D eigenvalue weighted by Gasteiger charge is -2.37. The number of aliphatic hydroxyl groups excluding tert-OH is 1. The molecule has 116 valence electrons. The lowest BCUT2D eigenvalue weighted by atomic mass is 10.0. The van der Waals surface area contributed by atoms with Crippen molar-refractivity contribution in [2.45, 2.75) is 103 Å². The van der Waals surface area contributed by atoms with Crippen LogP contribution in [0.1, 0.15) is 72.6 Å². The van der Waals surface area contributed by atoms with E-state index in [1.807, 2.05) is 0 Å². The van der Waals surface area contributed by atoms with Crippen LogP contribution in [0.2, 0.25) is 18.6 Å². The molecule has 0 heterocycles. The van der Waals surface area contributed by atoms with Crippen LogP contribution in [-0.4, -0.2) is 25.6 Å². The van der Waals surface area contributed by atoms with E-state index in [1.165, 1.54) is 25.7 Å². The van der Waals surface area contributed by atoms with Gasteiger partial charge in [0.1, 0.15) is 0 Å². The topological polar surface area (TPSA) is 29.5 Å². The molecule has 0 aliphatic heterocycles. The average Bonchev–Trinajstić information content (AvgIpc) is 2.26. The van der Waals surface area contributed by atoms with Gasteiger partial charge in [-0.3, -0.25) is 0 Å². The van der Waals surface area contributed by atoms with Crippen molar-refractivity contribution in [3.8, 4) is 0 Å². The first-order valence-electron chi connectivity index (χ1n) is 8.21. The van der Waals surface area contributed by atoms with Gasteiger partial charge in [0, 0.05) is 11.6 Å². The fourth-order valence-electron chi connectivity index (χ4n) is 2.99. The third kappa shape index (κ3) is 8.11. The van der Waals surface area contributed by atoms with Crippen molar-refractivity contribution in [1.29, 1.82) is 0 Å². The van der Waals surface area contributed by atoms with Gasteiger partial charge in [0.2, 0.25) is 0 Å². The Bertz CT molecular complexity index is 217. The summed E-state index contributed by atoms with van der Waals surface area (Å²) < 4.78 is 6.20. The third-order valence-corrected chi connectivity index (χ3v) is 7.39. The highest BCUT2D eigenvalue weighted by atomic mass is 28.4. The van der Waals surface area contributed by atoms with Crippen molar-refractivity contribution >= 4 is 8.32 Å². The minimum Gasteiger partial charge on any atom is -0.415 e. The average molecular weight is 289 g/mol. The maximum absolute atomic E-state index is 10.5. The quantitative estimate of drug-likeness (QED) is 0.422. The van der Waals surface area contributed by atoms with Gasteiger partial charge < -0.3 is 9.53 Å². The summed E-state index contributed by atoms with van der Waals surface area (Å²) in [5, 5.41) is 10.5. The first-order valence-corrected chi connectivity index (χ1v) is 11.2. The third-order valence-electron chi connectivity index (χ3n) is 3.85. The molecule has 2 atom stereocenters. The minimum atomic E-state index is -1.81. The highest BCUT2D eigenvalue weighted by Gasteiger charge is 2.38. The van der Waals surface area contributed by atoms with E-state index in [0.717, 1.165) is 19.3 Å². The zero-order valence-electron chi connectivity index (χ0n) is 14.0. The van der Waals surface area contributed by atoms with Crippen molar-refractivity contribution in [2.75, 3.05) is 0 Å². The van der Waals surface area contributed by atoms with E-state index in [4.69, 9.17) is 4.43 Å². The van der Waals surface area contributed by atoms with Crippen molar-refractivity contribution in [3.63, 3.8) is 0 Å². The standard InChI is InChI=1S/C16H36O2Si/c1-7-9-10-11-13-16(15(17)12-8-2)19(5,6)18-14(3)4/h14-17H,7-13H2,1-6H3/t15-,16+/m0/s1. The molecule has 1 N–H and O–H groups in total. The number of unbranched alkanes of at least 4 members (excludes halogenated alkanes) is 3. The van der Waals surface area contributed by atoms with Crippen molar-refractivity contribution in [3.05, 3.63) is 0 Å². The Morgan fingerprint density at radius 1 is 0.947 bits per heavy atom. The van der Waals surface area contributed by atoms with Crippen LogP contribution in [0.4, 0.5) is 0 Å². The molecule has 0 unspecified atom stereocenters. The summed E-state index contributed by atoms with van der Waals surface area (Å²) in [4.78, 5) is 0. The Hall–Kier alpha value is 0.137. The second-order valence-corrected chi connectivity index (χ2v) is 10.8. The molecule has 0 aromatic rings. The van der Waals surface area contributed by atoms with Crippen molar-refractivity contribution < 1.29 is 9.53 Å². The predicted molar refractivity (Wildman–Crippen MR) is 87.1 cm³/mol. The molecule has 19 heavy (non-hydrogen) atoms. The van der Waals surface area contributed by atoms with E-state index in [1.54, 1.807) is 0 Å². The van der Waals surface area contributed by atoms with Crippen LogP contribution >= 0.6 is 0 Å². The zero-order chi connectivity index (χ0) is 14.9. The van der Waals surface area contributed by atoms with Gasteiger partial charge in [0.05, 0.1) is 6.10 Å². The molecule has 0 saturated heterocycles. The maximum atomic E-state index is 10.5. The molecule has 2 nitrogen and oxygen atoms in total. The molecule has 0 radical (unpaired) electrons. The van der Waals surface area contributed by atoms with Gasteiger partial charge in [0.15, 0.2) is 8.32 Å². The fraction of sp³-hybridized carbons (Fsp3) is 1.00. The highest BCUT2D eigenvalue weighted by molar-refractivity contribution is 6.72. The lowest BCUT2D eigenvalue weighted by molar-refractivity contribution is 0.128. The Kier molecular flexibility index (Phi) is 10.0. The molecule has 0 aliphatic rings. The molecular weight excluding hydrogens is 252 g/mol.